The number of ether oxygens (including phenoxy) is 1. The molecule has 6 heteroatoms. The van der Waals surface area contributed by atoms with Crippen molar-refractivity contribution in [1.29, 1.82) is 0 Å². The third-order valence-corrected chi connectivity index (χ3v) is 2.93. The van der Waals surface area contributed by atoms with Gasteiger partial charge in [0, 0.05) is 27.3 Å². The van der Waals surface area contributed by atoms with Crippen LogP contribution in [0.3, 0.4) is 0 Å². The van der Waals surface area contributed by atoms with Crippen LogP contribution in [0.5, 0.6) is 0 Å². The summed E-state index contributed by atoms with van der Waals surface area (Å²) in [5.41, 5.74) is -0.385. The van der Waals surface area contributed by atoms with Crippen LogP contribution in [-0.4, -0.2) is 48.4 Å². The Hall–Kier alpha value is -1.40. The van der Waals surface area contributed by atoms with Gasteiger partial charge in [0.15, 0.2) is 5.82 Å². The molecule has 1 heterocycles. The number of hydrogen-bond acceptors (Lipinski definition) is 6. The molecule has 0 atom stereocenters. The van der Waals surface area contributed by atoms with E-state index in [0.717, 1.165) is 11.6 Å². The van der Waals surface area contributed by atoms with E-state index in [0.29, 0.717) is 12.4 Å². The van der Waals surface area contributed by atoms with Gasteiger partial charge in [0.2, 0.25) is 0 Å². The Kier molecular flexibility index (Phi) is 4.86. The van der Waals surface area contributed by atoms with Gasteiger partial charge < -0.3 is 20.1 Å². The monoisotopic (exact) mass is 254 g/mol. The Labute approximate surface area is 108 Å². The summed E-state index contributed by atoms with van der Waals surface area (Å²) in [5.74, 6) is 2.09. The van der Waals surface area contributed by atoms with Crippen molar-refractivity contribution in [3.8, 4) is 0 Å². The van der Waals surface area contributed by atoms with Crippen LogP contribution in [0.4, 0.5) is 11.6 Å². The molecule has 0 aliphatic heterocycles. The van der Waals surface area contributed by atoms with E-state index in [2.05, 4.69) is 15.3 Å². The zero-order chi connectivity index (χ0) is 13.8. The number of aromatic nitrogens is 2. The average molecular weight is 254 g/mol. The number of methoxy groups -OCH3 is 1. The molecule has 0 amide bonds. The number of hydrogen-bond donors (Lipinski definition) is 2. The molecular formula is C12H22N4O2. The Bertz CT molecular complexity index is 396. The van der Waals surface area contributed by atoms with Gasteiger partial charge in [-0.1, -0.05) is 0 Å². The number of aliphatic hydroxyl groups excluding tert-OH is 1. The highest BCUT2D eigenvalue weighted by Crippen LogP contribution is 2.22. The molecule has 102 valence electrons. The molecule has 0 fully saturated rings. The number of likely N-dealkylation sites (N-methyl/N-ethyl adjacent to an activating group) is 1. The summed E-state index contributed by atoms with van der Waals surface area (Å²) in [6.45, 7) is 4.30. The molecule has 0 saturated heterocycles. The van der Waals surface area contributed by atoms with E-state index < -0.39 is 0 Å². The SMILES string of the molecule is CNc1cc(N(C)C(C)(C)CO)nc(COC)n1. The second-order valence-corrected chi connectivity index (χ2v) is 4.74. The second kappa shape index (κ2) is 5.97. The standard InChI is InChI=1S/C12H22N4O2/c1-12(2,8-17)16(4)11-6-9(13-3)14-10(15-11)7-18-5/h6,17H,7-8H2,1-5H3,(H,13,14,15). The molecule has 0 aliphatic rings. The van der Waals surface area contributed by atoms with Crippen LogP contribution in [0.15, 0.2) is 6.07 Å². The highest BCUT2D eigenvalue weighted by molar-refractivity contribution is 5.50. The van der Waals surface area contributed by atoms with Gasteiger partial charge in [0.05, 0.1) is 12.1 Å². The molecule has 0 unspecified atom stereocenters. The number of nitrogens with zero attached hydrogens (tertiary/aromatic N) is 3. The van der Waals surface area contributed by atoms with Crippen LogP contribution in [0.2, 0.25) is 0 Å². The van der Waals surface area contributed by atoms with E-state index in [1.165, 1.54) is 0 Å². The van der Waals surface area contributed by atoms with Gasteiger partial charge in [-0.25, -0.2) is 9.97 Å². The van der Waals surface area contributed by atoms with Gasteiger partial charge in [-0.15, -0.1) is 0 Å². The smallest absolute Gasteiger partial charge is 0.158 e. The third-order valence-electron chi connectivity index (χ3n) is 2.93. The van der Waals surface area contributed by atoms with Crippen molar-refractivity contribution in [2.45, 2.75) is 26.0 Å². The van der Waals surface area contributed by atoms with Crippen molar-refractivity contribution in [3.05, 3.63) is 11.9 Å². The Balaban J connectivity index is 3.11. The maximum absolute atomic E-state index is 9.40. The van der Waals surface area contributed by atoms with Gasteiger partial charge in [0.1, 0.15) is 18.2 Å². The van der Waals surface area contributed by atoms with Gasteiger partial charge in [0.25, 0.3) is 0 Å². The zero-order valence-electron chi connectivity index (χ0n) is 11.7. The van der Waals surface area contributed by atoms with Crippen molar-refractivity contribution in [2.24, 2.45) is 0 Å². The second-order valence-electron chi connectivity index (χ2n) is 4.74. The van der Waals surface area contributed by atoms with E-state index in [4.69, 9.17) is 4.74 Å². The first-order valence-corrected chi connectivity index (χ1v) is 5.84. The number of nitrogens with one attached hydrogen (secondary N) is 1. The summed E-state index contributed by atoms with van der Waals surface area (Å²) < 4.78 is 5.05. The van der Waals surface area contributed by atoms with Crippen molar-refractivity contribution >= 4 is 11.6 Å². The molecule has 0 aliphatic carbocycles. The fourth-order valence-electron chi connectivity index (χ4n) is 1.39. The van der Waals surface area contributed by atoms with Crippen LogP contribution in [-0.2, 0) is 11.3 Å². The first-order chi connectivity index (χ1) is 8.44. The Morgan fingerprint density at radius 2 is 2.11 bits per heavy atom. The van der Waals surface area contributed by atoms with Crippen molar-refractivity contribution in [1.82, 2.24) is 9.97 Å². The molecule has 6 nitrogen and oxygen atoms in total. The van der Waals surface area contributed by atoms with Crippen LogP contribution in [0, 0.1) is 0 Å². The highest BCUT2D eigenvalue weighted by atomic mass is 16.5. The van der Waals surface area contributed by atoms with Crippen LogP contribution in [0.1, 0.15) is 19.7 Å². The first kappa shape index (κ1) is 14.7. The fraction of sp³-hybridized carbons (Fsp3) is 0.667. The quantitative estimate of drug-likeness (QED) is 0.785. The van der Waals surface area contributed by atoms with Gasteiger partial charge in [-0.2, -0.15) is 0 Å². The lowest BCUT2D eigenvalue weighted by molar-refractivity contribution is 0.177. The number of aliphatic hydroxyl groups is 1. The van der Waals surface area contributed by atoms with Crippen LogP contribution in [0.25, 0.3) is 0 Å². The van der Waals surface area contributed by atoms with E-state index in [1.807, 2.05) is 31.9 Å². The van der Waals surface area contributed by atoms with E-state index in [1.54, 1.807) is 14.2 Å². The Morgan fingerprint density at radius 3 is 2.61 bits per heavy atom. The fourth-order valence-corrected chi connectivity index (χ4v) is 1.39. The van der Waals surface area contributed by atoms with Crippen molar-refractivity contribution in [2.75, 3.05) is 38.0 Å². The summed E-state index contributed by atoms with van der Waals surface area (Å²) in [6, 6.07) is 1.84. The average Bonchev–Trinajstić information content (AvgIpc) is 2.37. The molecule has 1 aromatic heterocycles. The minimum Gasteiger partial charge on any atom is -0.394 e. The topological polar surface area (TPSA) is 70.5 Å². The van der Waals surface area contributed by atoms with Gasteiger partial charge in [-0.05, 0) is 13.8 Å². The summed E-state index contributed by atoms with van der Waals surface area (Å²) in [5, 5.41) is 12.4. The van der Waals surface area contributed by atoms with E-state index in [-0.39, 0.29) is 12.1 Å². The van der Waals surface area contributed by atoms with Gasteiger partial charge in [-0.3, -0.25) is 0 Å². The van der Waals surface area contributed by atoms with Crippen molar-refractivity contribution < 1.29 is 9.84 Å². The molecule has 0 saturated carbocycles. The maximum atomic E-state index is 9.40. The molecule has 2 N–H and O–H groups in total. The molecule has 0 radical (unpaired) electrons. The zero-order valence-corrected chi connectivity index (χ0v) is 11.7. The third kappa shape index (κ3) is 3.30. The lowest BCUT2D eigenvalue weighted by atomic mass is 10.1. The summed E-state index contributed by atoms with van der Waals surface area (Å²) in [6.07, 6.45) is 0. The minimum absolute atomic E-state index is 0.0437. The lowest BCUT2D eigenvalue weighted by Gasteiger charge is -2.35. The summed E-state index contributed by atoms with van der Waals surface area (Å²) in [7, 11) is 5.31. The molecule has 18 heavy (non-hydrogen) atoms. The van der Waals surface area contributed by atoms with Crippen LogP contribution < -0.4 is 10.2 Å². The number of rotatable bonds is 6. The normalized spacial score (nSPS) is 11.4. The Morgan fingerprint density at radius 1 is 1.44 bits per heavy atom. The summed E-state index contributed by atoms with van der Waals surface area (Å²) in [4.78, 5) is 10.6. The van der Waals surface area contributed by atoms with Gasteiger partial charge >= 0.3 is 0 Å². The van der Waals surface area contributed by atoms with E-state index in [9.17, 15) is 5.11 Å². The largest absolute Gasteiger partial charge is 0.394 e. The first-order valence-electron chi connectivity index (χ1n) is 5.84. The molecule has 1 rings (SSSR count). The number of anilines is 2. The van der Waals surface area contributed by atoms with Crippen LogP contribution >= 0.6 is 0 Å². The lowest BCUT2D eigenvalue weighted by Crippen LogP contribution is -2.45. The molecule has 0 aromatic carbocycles. The molecule has 0 spiro atoms. The van der Waals surface area contributed by atoms with E-state index >= 15 is 0 Å². The predicted octanol–water partition coefficient (Wildman–Crippen LogP) is 0.872. The molecule has 1 aromatic rings. The highest BCUT2D eigenvalue weighted by Gasteiger charge is 2.24. The maximum Gasteiger partial charge on any atom is 0.158 e. The van der Waals surface area contributed by atoms with Crippen molar-refractivity contribution in [3.63, 3.8) is 0 Å². The summed E-state index contributed by atoms with van der Waals surface area (Å²) >= 11 is 0. The molecule has 0 bridgehead atoms. The minimum atomic E-state index is -0.385. The predicted molar refractivity (Wildman–Crippen MR) is 71.9 cm³/mol. The molecular weight excluding hydrogens is 232 g/mol.